The van der Waals surface area contributed by atoms with Gasteiger partial charge in [0.05, 0.1) is 13.2 Å². The molecule has 0 unspecified atom stereocenters. The zero-order valence-electron chi connectivity index (χ0n) is 17.3. The molecule has 2 N–H and O–H groups in total. The summed E-state index contributed by atoms with van der Waals surface area (Å²) in [5.74, 6) is 1.05. The predicted octanol–water partition coefficient (Wildman–Crippen LogP) is 4.34. The highest BCUT2D eigenvalue weighted by Crippen LogP contribution is 2.30. The summed E-state index contributed by atoms with van der Waals surface area (Å²) in [7, 11) is 1.64. The number of carbonyl (C=O) groups is 2. The monoisotopic (exact) mass is 395 g/mol. The summed E-state index contributed by atoms with van der Waals surface area (Å²) < 4.78 is 5.29. The quantitative estimate of drug-likeness (QED) is 0.699. The van der Waals surface area contributed by atoms with Gasteiger partial charge in [-0.2, -0.15) is 0 Å². The van der Waals surface area contributed by atoms with Crippen LogP contribution in [0.5, 0.6) is 5.75 Å². The van der Waals surface area contributed by atoms with Gasteiger partial charge >= 0.3 is 6.03 Å². The minimum Gasteiger partial charge on any atom is -0.497 e. The molecule has 0 aromatic heterocycles. The van der Waals surface area contributed by atoms with Crippen LogP contribution >= 0.6 is 0 Å². The smallest absolute Gasteiger partial charge is 0.318 e. The van der Waals surface area contributed by atoms with E-state index in [9.17, 15) is 9.59 Å². The van der Waals surface area contributed by atoms with E-state index in [1.165, 1.54) is 0 Å². The Labute approximate surface area is 172 Å². The van der Waals surface area contributed by atoms with E-state index in [-0.39, 0.29) is 23.9 Å². The normalized spacial score (nSPS) is 14.0. The molecule has 0 radical (unpaired) electrons. The number of nitrogens with zero attached hydrogens (tertiary/aromatic N) is 1. The van der Waals surface area contributed by atoms with Crippen molar-refractivity contribution in [1.29, 1.82) is 0 Å². The molecule has 2 aromatic carbocycles. The van der Waals surface area contributed by atoms with Gasteiger partial charge in [0.25, 0.3) is 0 Å². The minimum atomic E-state index is -0.117. The molecule has 1 atom stereocenters. The molecule has 0 spiro atoms. The number of benzene rings is 2. The Morgan fingerprint density at radius 3 is 2.52 bits per heavy atom. The summed E-state index contributed by atoms with van der Waals surface area (Å²) in [6.07, 6.45) is 1.97. The van der Waals surface area contributed by atoms with Crippen molar-refractivity contribution >= 4 is 17.6 Å². The van der Waals surface area contributed by atoms with Gasteiger partial charge in [0.15, 0.2) is 0 Å². The van der Waals surface area contributed by atoms with E-state index in [1.54, 1.807) is 12.0 Å². The number of hydrogen-bond acceptors (Lipinski definition) is 3. The van der Waals surface area contributed by atoms with Crippen molar-refractivity contribution in [3.05, 3.63) is 59.7 Å². The first-order valence-electron chi connectivity index (χ1n) is 10.1. The van der Waals surface area contributed by atoms with Crippen LogP contribution in [0.4, 0.5) is 10.5 Å². The first-order valence-corrected chi connectivity index (χ1v) is 10.1. The van der Waals surface area contributed by atoms with Gasteiger partial charge in [-0.3, -0.25) is 4.79 Å². The zero-order valence-corrected chi connectivity index (χ0v) is 17.3. The Morgan fingerprint density at radius 1 is 1.17 bits per heavy atom. The van der Waals surface area contributed by atoms with Crippen molar-refractivity contribution in [3.8, 4) is 5.75 Å². The Kier molecular flexibility index (Phi) is 6.75. The summed E-state index contributed by atoms with van der Waals surface area (Å²) in [5.41, 5.74) is 2.80. The maximum Gasteiger partial charge on any atom is 0.318 e. The number of rotatable bonds is 8. The highest BCUT2D eigenvalue weighted by Gasteiger charge is 2.29. The lowest BCUT2D eigenvalue weighted by molar-refractivity contribution is -0.117. The standard InChI is InChI=1S/C23H29N3O3/c1-4-26(16(2)19-6-5-7-21(14-19)29-3)23(28)24-15-17-8-12-20(13-9-17)25-22(27)18-10-11-18/h5-9,12-14,16,18H,4,10-11,15H2,1-3H3,(H,24,28)(H,25,27)/t16-/m0/s1. The van der Waals surface area contributed by atoms with Crippen LogP contribution in [0.15, 0.2) is 48.5 Å². The van der Waals surface area contributed by atoms with E-state index < -0.39 is 0 Å². The lowest BCUT2D eigenvalue weighted by Gasteiger charge is -2.29. The fourth-order valence-corrected chi connectivity index (χ4v) is 3.25. The third-order valence-electron chi connectivity index (χ3n) is 5.26. The molecule has 2 aromatic rings. The number of carbonyl (C=O) groups excluding carboxylic acids is 2. The van der Waals surface area contributed by atoms with Crippen LogP contribution in [0, 0.1) is 5.92 Å². The average Bonchev–Trinajstić information content (AvgIpc) is 3.59. The van der Waals surface area contributed by atoms with Crippen LogP contribution in [0.1, 0.15) is 43.9 Å². The van der Waals surface area contributed by atoms with Gasteiger partial charge in [0, 0.05) is 24.7 Å². The molecular weight excluding hydrogens is 366 g/mol. The first-order chi connectivity index (χ1) is 14.0. The molecule has 1 saturated carbocycles. The van der Waals surface area contributed by atoms with Crippen LogP contribution < -0.4 is 15.4 Å². The highest BCUT2D eigenvalue weighted by molar-refractivity contribution is 5.94. The predicted molar refractivity (Wildman–Crippen MR) is 114 cm³/mol. The number of urea groups is 1. The SMILES string of the molecule is CCN(C(=O)NCc1ccc(NC(=O)C2CC2)cc1)[C@@H](C)c1cccc(OC)c1. The number of nitrogens with one attached hydrogen (secondary N) is 2. The van der Waals surface area contributed by atoms with E-state index in [0.29, 0.717) is 13.1 Å². The van der Waals surface area contributed by atoms with E-state index in [2.05, 4.69) is 10.6 Å². The lowest BCUT2D eigenvalue weighted by atomic mass is 10.1. The summed E-state index contributed by atoms with van der Waals surface area (Å²) in [6, 6.07) is 15.2. The van der Waals surface area contributed by atoms with Crippen molar-refractivity contribution in [2.75, 3.05) is 19.0 Å². The maximum atomic E-state index is 12.7. The molecule has 6 nitrogen and oxygen atoms in total. The van der Waals surface area contributed by atoms with E-state index in [1.807, 2.05) is 62.4 Å². The molecule has 0 saturated heterocycles. The molecule has 6 heteroatoms. The maximum absolute atomic E-state index is 12.7. The van der Waals surface area contributed by atoms with Gasteiger partial charge in [-0.1, -0.05) is 24.3 Å². The molecule has 0 heterocycles. The van der Waals surface area contributed by atoms with Crippen LogP contribution in [0.25, 0.3) is 0 Å². The summed E-state index contributed by atoms with van der Waals surface area (Å²) >= 11 is 0. The molecular formula is C23H29N3O3. The molecule has 3 rings (SSSR count). The zero-order chi connectivity index (χ0) is 20.8. The van der Waals surface area contributed by atoms with Gasteiger partial charge in [0.1, 0.15) is 5.75 Å². The molecule has 1 fully saturated rings. The molecule has 1 aliphatic rings. The van der Waals surface area contributed by atoms with Crippen molar-refractivity contribution < 1.29 is 14.3 Å². The van der Waals surface area contributed by atoms with E-state index >= 15 is 0 Å². The van der Waals surface area contributed by atoms with Crippen molar-refractivity contribution in [2.24, 2.45) is 5.92 Å². The fraction of sp³-hybridized carbons (Fsp3) is 0.391. The Balaban J connectivity index is 1.55. The van der Waals surface area contributed by atoms with Crippen LogP contribution in [0.2, 0.25) is 0 Å². The topological polar surface area (TPSA) is 70.7 Å². The van der Waals surface area contributed by atoms with Crippen LogP contribution in [-0.2, 0) is 11.3 Å². The van der Waals surface area contributed by atoms with Gasteiger partial charge in [-0.05, 0) is 62.1 Å². The van der Waals surface area contributed by atoms with Crippen molar-refractivity contribution in [2.45, 2.75) is 39.3 Å². The third kappa shape index (κ3) is 5.50. The van der Waals surface area contributed by atoms with Gasteiger partial charge in [-0.15, -0.1) is 0 Å². The van der Waals surface area contributed by atoms with Crippen LogP contribution in [-0.4, -0.2) is 30.5 Å². The van der Waals surface area contributed by atoms with E-state index in [0.717, 1.165) is 35.4 Å². The number of ether oxygens (including phenoxy) is 1. The van der Waals surface area contributed by atoms with Crippen LogP contribution in [0.3, 0.4) is 0 Å². The van der Waals surface area contributed by atoms with Gasteiger partial charge in [0.2, 0.25) is 5.91 Å². The minimum absolute atomic E-state index is 0.0740. The number of amides is 3. The number of methoxy groups -OCH3 is 1. The summed E-state index contributed by atoms with van der Waals surface area (Å²) in [6.45, 7) is 5.00. The highest BCUT2D eigenvalue weighted by atomic mass is 16.5. The third-order valence-corrected chi connectivity index (χ3v) is 5.26. The second-order valence-corrected chi connectivity index (χ2v) is 7.36. The first kappa shape index (κ1) is 20.7. The Hall–Kier alpha value is -3.02. The van der Waals surface area contributed by atoms with Gasteiger partial charge < -0.3 is 20.3 Å². The molecule has 154 valence electrons. The van der Waals surface area contributed by atoms with Crippen molar-refractivity contribution in [3.63, 3.8) is 0 Å². The second-order valence-electron chi connectivity index (χ2n) is 7.36. The second kappa shape index (κ2) is 9.45. The molecule has 0 aliphatic heterocycles. The Morgan fingerprint density at radius 2 is 1.90 bits per heavy atom. The number of hydrogen-bond donors (Lipinski definition) is 2. The number of anilines is 1. The van der Waals surface area contributed by atoms with Gasteiger partial charge in [-0.25, -0.2) is 4.79 Å². The Bertz CT molecular complexity index is 847. The fourth-order valence-electron chi connectivity index (χ4n) is 3.25. The molecule has 1 aliphatic carbocycles. The molecule has 29 heavy (non-hydrogen) atoms. The molecule has 0 bridgehead atoms. The summed E-state index contributed by atoms with van der Waals surface area (Å²) in [5, 5.41) is 5.91. The molecule has 3 amide bonds. The largest absolute Gasteiger partial charge is 0.497 e. The average molecular weight is 396 g/mol. The summed E-state index contributed by atoms with van der Waals surface area (Å²) in [4.78, 5) is 26.4. The van der Waals surface area contributed by atoms with E-state index in [4.69, 9.17) is 4.74 Å². The lowest BCUT2D eigenvalue weighted by Crippen LogP contribution is -2.41. The van der Waals surface area contributed by atoms with Crippen molar-refractivity contribution in [1.82, 2.24) is 10.2 Å².